The lowest BCUT2D eigenvalue weighted by Crippen LogP contribution is -2.12. The average Bonchev–Trinajstić information content (AvgIpc) is 2.48. The Bertz CT molecular complexity index is 244. The van der Waals surface area contributed by atoms with Crippen LogP contribution in [0.25, 0.3) is 0 Å². The lowest BCUT2D eigenvalue weighted by molar-refractivity contribution is 0.623. The van der Waals surface area contributed by atoms with Crippen molar-refractivity contribution in [2.75, 3.05) is 0 Å². The van der Waals surface area contributed by atoms with Crippen LogP contribution in [0.1, 0.15) is 32.0 Å². The maximum atomic E-state index is 4.32. The van der Waals surface area contributed by atoms with E-state index in [9.17, 15) is 0 Å². The third-order valence-corrected chi connectivity index (χ3v) is 3.64. The Morgan fingerprint density at radius 2 is 2.33 bits per heavy atom. The summed E-state index contributed by atoms with van der Waals surface area (Å²) in [6.07, 6.45) is 4.97. The number of halogens is 1. The summed E-state index contributed by atoms with van der Waals surface area (Å²) in [6, 6.07) is 0. The number of imidazole rings is 1. The number of alkyl halides is 1. The van der Waals surface area contributed by atoms with Gasteiger partial charge in [-0.05, 0) is 6.42 Å². The quantitative estimate of drug-likeness (QED) is 0.731. The van der Waals surface area contributed by atoms with Crippen LogP contribution in [-0.4, -0.2) is 14.4 Å². The molecule has 2 unspecified atom stereocenters. The predicted molar refractivity (Wildman–Crippen MR) is 54.6 cm³/mol. The minimum atomic E-state index is 0.481. The van der Waals surface area contributed by atoms with Gasteiger partial charge in [0.1, 0.15) is 5.82 Å². The molecule has 0 spiro atoms. The molecule has 2 atom stereocenters. The van der Waals surface area contributed by atoms with Crippen LogP contribution in [0.15, 0.2) is 12.4 Å². The number of hydrogen-bond donors (Lipinski definition) is 0. The molecule has 1 aromatic heterocycles. The van der Waals surface area contributed by atoms with Crippen molar-refractivity contribution in [1.82, 2.24) is 9.55 Å². The van der Waals surface area contributed by atoms with Crippen LogP contribution in [0.2, 0.25) is 0 Å². The van der Waals surface area contributed by atoms with Gasteiger partial charge < -0.3 is 4.57 Å². The molecule has 12 heavy (non-hydrogen) atoms. The van der Waals surface area contributed by atoms with Gasteiger partial charge in [-0.15, -0.1) is 0 Å². The van der Waals surface area contributed by atoms with E-state index in [1.165, 1.54) is 0 Å². The highest BCUT2D eigenvalue weighted by Gasteiger charge is 2.17. The maximum Gasteiger partial charge on any atom is 0.112 e. The molecule has 3 heteroatoms. The second-order valence-corrected chi connectivity index (χ2v) is 4.29. The summed E-state index contributed by atoms with van der Waals surface area (Å²) in [5.41, 5.74) is 0. The number of nitrogens with zero attached hydrogens (tertiary/aromatic N) is 2. The van der Waals surface area contributed by atoms with E-state index in [1.807, 2.05) is 19.4 Å². The second-order valence-electron chi connectivity index (χ2n) is 3.11. The van der Waals surface area contributed by atoms with Crippen LogP contribution < -0.4 is 0 Å². The fourth-order valence-electron chi connectivity index (χ4n) is 1.33. The van der Waals surface area contributed by atoms with Gasteiger partial charge in [0.2, 0.25) is 0 Å². The molecule has 0 saturated heterocycles. The Labute approximate surface area is 82.1 Å². The molecule has 1 heterocycles. The monoisotopic (exact) mass is 230 g/mol. The zero-order chi connectivity index (χ0) is 9.14. The molecule has 2 nitrogen and oxygen atoms in total. The number of rotatable bonds is 3. The predicted octanol–water partition coefficient (Wildman–Crippen LogP) is 2.70. The summed E-state index contributed by atoms with van der Waals surface area (Å²) in [5.74, 6) is 1.63. The largest absolute Gasteiger partial charge is 0.338 e. The first-order valence-corrected chi connectivity index (χ1v) is 5.19. The fraction of sp³-hybridized carbons (Fsp3) is 0.667. The van der Waals surface area contributed by atoms with Crippen molar-refractivity contribution in [2.45, 2.75) is 31.0 Å². The van der Waals surface area contributed by atoms with E-state index in [2.05, 4.69) is 39.3 Å². The fourth-order valence-corrected chi connectivity index (χ4v) is 1.57. The molecular formula is C9H15BrN2. The molecule has 0 amide bonds. The molecule has 0 aliphatic rings. The van der Waals surface area contributed by atoms with Gasteiger partial charge in [-0.1, -0.05) is 29.8 Å². The molecule has 1 aromatic rings. The maximum absolute atomic E-state index is 4.32. The number of aromatic nitrogens is 2. The minimum Gasteiger partial charge on any atom is -0.338 e. The standard InChI is InChI=1S/C9H15BrN2/c1-4-8(10)7(2)9-11-5-6-12(9)3/h5-8H,4H2,1-3H3. The Kier molecular flexibility index (Phi) is 3.32. The Balaban J connectivity index is 2.77. The Morgan fingerprint density at radius 3 is 2.75 bits per heavy atom. The van der Waals surface area contributed by atoms with Crippen molar-refractivity contribution in [2.24, 2.45) is 7.05 Å². The SMILES string of the molecule is CCC(Br)C(C)c1nccn1C. The van der Waals surface area contributed by atoms with E-state index in [1.54, 1.807) is 0 Å². The molecule has 0 fully saturated rings. The molecule has 0 bridgehead atoms. The van der Waals surface area contributed by atoms with Crippen LogP contribution in [0.4, 0.5) is 0 Å². The van der Waals surface area contributed by atoms with Crippen molar-refractivity contribution < 1.29 is 0 Å². The average molecular weight is 231 g/mol. The van der Waals surface area contributed by atoms with Crippen molar-refractivity contribution in [3.63, 3.8) is 0 Å². The third-order valence-electron chi connectivity index (χ3n) is 2.20. The molecular weight excluding hydrogens is 216 g/mol. The van der Waals surface area contributed by atoms with Crippen LogP contribution in [0, 0.1) is 0 Å². The number of hydrogen-bond acceptors (Lipinski definition) is 1. The van der Waals surface area contributed by atoms with Gasteiger partial charge in [0.15, 0.2) is 0 Å². The zero-order valence-electron chi connectivity index (χ0n) is 7.79. The first-order chi connectivity index (χ1) is 5.66. The van der Waals surface area contributed by atoms with Crippen molar-refractivity contribution in [3.05, 3.63) is 18.2 Å². The van der Waals surface area contributed by atoms with Gasteiger partial charge in [-0.2, -0.15) is 0 Å². The Hall–Kier alpha value is -0.310. The van der Waals surface area contributed by atoms with Gasteiger partial charge in [-0.25, -0.2) is 4.98 Å². The molecule has 0 aliphatic carbocycles. The molecule has 68 valence electrons. The smallest absolute Gasteiger partial charge is 0.112 e. The molecule has 1 rings (SSSR count). The summed E-state index contributed by atoms with van der Waals surface area (Å²) in [4.78, 5) is 4.84. The highest BCUT2D eigenvalue weighted by Crippen LogP contribution is 2.24. The van der Waals surface area contributed by atoms with Gasteiger partial charge in [0, 0.05) is 30.2 Å². The van der Waals surface area contributed by atoms with Gasteiger partial charge in [-0.3, -0.25) is 0 Å². The van der Waals surface area contributed by atoms with E-state index in [4.69, 9.17) is 0 Å². The first-order valence-electron chi connectivity index (χ1n) is 4.28. The van der Waals surface area contributed by atoms with Crippen LogP contribution in [0.5, 0.6) is 0 Å². The van der Waals surface area contributed by atoms with Gasteiger partial charge >= 0.3 is 0 Å². The topological polar surface area (TPSA) is 17.8 Å². The third kappa shape index (κ3) is 1.89. The van der Waals surface area contributed by atoms with Gasteiger partial charge in [0.25, 0.3) is 0 Å². The Morgan fingerprint density at radius 1 is 1.67 bits per heavy atom. The van der Waals surface area contributed by atoms with E-state index >= 15 is 0 Å². The first kappa shape index (κ1) is 9.78. The van der Waals surface area contributed by atoms with Crippen LogP contribution >= 0.6 is 15.9 Å². The van der Waals surface area contributed by atoms with E-state index in [-0.39, 0.29) is 0 Å². The zero-order valence-corrected chi connectivity index (χ0v) is 9.37. The van der Waals surface area contributed by atoms with Crippen LogP contribution in [0.3, 0.4) is 0 Å². The van der Waals surface area contributed by atoms with Gasteiger partial charge in [0.05, 0.1) is 0 Å². The van der Waals surface area contributed by atoms with E-state index in [0.29, 0.717) is 10.7 Å². The van der Waals surface area contributed by atoms with Crippen molar-refractivity contribution in [1.29, 1.82) is 0 Å². The normalized spacial score (nSPS) is 16.0. The number of aryl methyl sites for hydroxylation is 1. The second kappa shape index (κ2) is 4.08. The molecule has 0 N–H and O–H groups in total. The molecule has 0 aliphatic heterocycles. The summed E-state index contributed by atoms with van der Waals surface area (Å²) in [6.45, 7) is 4.38. The molecule has 0 aromatic carbocycles. The molecule has 0 radical (unpaired) electrons. The lowest BCUT2D eigenvalue weighted by atomic mass is 10.1. The minimum absolute atomic E-state index is 0.481. The van der Waals surface area contributed by atoms with Crippen molar-refractivity contribution in [3.8, 4) is 0 Å². The highest BCUT2D eigenvalue weighted by molar-refractivity contribution is 9.09. The summed E-state index contributed by atoms with van der Waals surface area (Å²) >= 11 is 3.64. The lowest BCUT2D eigenvalue weighted by Gasteiger charge is -2.15. The molecule has 0 saturated carbocycles. The van der Waals surface area contributed by atoms with E-state index < -0.39 is 0 Å². The summed E-state index contributed by atoms with van der Waals surface area (Å²) in [5, 5.41) is 0. The summed E-state index contributed by atoms with van der Waals surface area (Å²) in [7, 11) is 2.04. The highest BCUT2D eigenvalue weighted by atomic mass is 79.9. The van der Waals surface area contributed by atoms with Crippen LogP contribution in [-0.2, 0) is 7.05 Å². The summed E-state index contributed by atoms with van der Waals surface area (Å²) < 4.78 is 2.08. The van der Waals surface area contributed by atoms with E-state index in [0.717, 1.165) is 12.2 Å². The van der Waals surface area contributed by atoms with Crippen molar-refractivity contribution >= 4 is 15.9 Å².